The van der Waals surface area contributed by atoms with Gasteiger partial charge >= 0.3 is 0 Å². The SMILES string of the molecule is CC(C)CCNC(=S)NNC(=O)CCC(=O)c1cccs1. The molecular formula is C14H21N3O2S2. The predicted molar refractivity (Wildman–Crippen MR) is 89.2 cm³/mol. The van der Waals surface area contributed by atoms with Crippen molar-refractivity contribution < 1.29 is 9.59 Å². The molecular weight excluding hydrogens is 306 g/mol. The zero-order valence-corrected chi connectivity index (χ0v) is 13.9. The summed E-state index contributed by atoms with van der Waals surface area (Å²) in [5.74, 6) is 0.323. The minimum absolute atomic E-state index is 0.0159. The van der Waals surface area contributed by atoms with Crippen LogP contribution in [0, 0.1) is 5.92 Å². The molecule has 0 aromatic carbocycles. The molecule has 0 aliphatic heterocycles. The van der Waals surface area contributed by atoms with Gasteiger partial charge in [-0.1, -0.05) is 19.9 Å². The first-order chi connectivity index (χ1) is 9.99. The molecule has 0 atom stereocenters. The fourth-order valence-electron chi connectivity index (χ4n) is 1.50. The Kier molecular flexibility index (Phi) is 7.92. The van der Waals surface area contributed by atoms with Crippen LogP contribution >= 0.6 is 23.6 Å². The third-order valence-electron chi connectivity index (χ3n) is 2.70. The summed E-state index contributed by atoms with van der Waals surface area (Å²) in [6.07, 6.45) is 1.34. The summed E-state index contributed by atoms with van der Waals surface area (Å²) in [5, 5.41) is 5.22. The van der Waals surface area contributed by atoms with Gasteiger partial charge in [-0.05, 0) is 36.0 Å². The van der Waals surface area contributed by atoms with Crippen LogP contribution in [0.2, 0.25) is 0 Å². The normalized spacial score (nSPS) is 10.2. The number of carbonyl (C=O) groups is 2. The van der Waals surface area contributed by atoms with E-state index in [0.717, 1.165) is 13.0 Å². The molecule has 1 heterocycles. The van der Waals surface area contributed by atoms with Gasteiger partial charge in [-0.3, -0.25) is 20.4 Å². The van der Waals surface area contributed by atoms with E-state index in [4.69, 9.17) is 12.2 Å². The van der Waals surface area contributed by atoms with Crippen LogP contribution in [0.4, 0.5) is 0 Å². The predicted octanol–water partition coefficient (Wildman–Crippen LogP) is 2.25. The summed E-state index contributed by atoms with van der Waals surface area (Å²) in [4.78, 5) is 24.0. The van der Waals surface area contributed by atoms with Crippen LogP contribution in [0.3, 0.4) is 0 Å². The van der Waals surface area contributed by atoms with Crippen LogP contribution < -0.4 is 16.2 Å². The molecule has 21 heavy (non-hydrogen) atoms. The molecule has 7 heteroatoms. The third kappa shape index (κ3) is 7.77. The van der Waals surface area contributed by atoms with Crippen LogP contribution in [-0.4, -0.2) is 23.3 Å². The van der Waals surface area contributed by atoms with Gasteiger partial charge < -0.3 is 5.32 Å². The Hall–Kier alpha value is -1.47. The van der Waals surface area contributed by atoms with Crippen molar-refractivity contribution in [3.05, 3.63) is 22.4 Å². The minimum Gasteiger partial charge on any atom is -0.361 e. The summed E-state index contributed by atoms with van der Waals surface area (Å²) < 4.78 is 0. The first-order valence-corrected chi connectivity index (χ1v) is 8.17. The molecule has 0 aliphatic carbocycles. The van der Waals surface area contributed by atoms with Gasteiger partial charge in [-0.15, -0.1) is 11.3 Å². The van der Waals surface area contributed by atoms with Gasteiger partial charge in [-0.2, -0.15) is 0 Å². The molecule has 0 saturated carbocycles. The maximum absolute atomic E-state index is 11.7. The van der Waals surface area contributed by atoms with Crippen molar-refractivity contribution in [2.75, 3.05) is 6.54 Å². The number of hydrogen-bond donors (Lipinski definition) is 3. The van der Waals surface area contributed by atoms with Crippen LogP contribution in [0.5, 0.6) is 0 Å². The van der Waals surface area contributed by atoms with Crippen molar-refractivity contribution in [1.29, 1.82) is 0 Å². The smallest absolute Gasteiger partial charge is 0.238 e. The highest BCUT2D eigenvalue weighted by Crippen LogP contribution is 2.11. The second-order valence-electron chi connectivity index (χ2n) is 5.01. The monoisotopic (exact) mass is 327 g/mol. The lowest BCUT2D eigenvalue weighted by Crippen LogP contribution is -2.47. The Bertz CT molecular complexity index is 473. The van der Waals surface area contributed by atoms with Gasteiger partial charge in [0.05, 0.1) is 4.88 Å². The molecule has 0 radical (unpaired) electrons. The summed E-state index contributed by atoms with van der Waals surface area (Å²) in [6, 6.07) is 3.58. The number of hydrogen-bond acceptors (Lipinski definition) is 4. The van der Waals surface area contributed by atoms with E-state index in [1.54, 1.807) is 6.07 Å². The van der Waals surface area contributed by atoms with Gasteiger partial charge in [-0.25, -0.2) is 0 Å². The molecule has 0 unspecified atom stereocenters. The number of hydrazine groups is 1. The van der Waals surface area contributed by atoms with E-state index in [-0.39, 0.29) is 24.5 Å². The molecule has 0 saturated heterocycles. The molecule has 1 aromatic rings. The zero-order valence-electron chi connectivity index (χ0n) is 12.3. The lowest BCUT2D eigenvalue weighted by Gasteiger charge is -2.12. The lowest BCUT2D eigenvalue weighted by atomic mass is 10.1. The largest absolute Gasteiger partial charge is 0.361 e. The Morgan fingerprint density at radius 2 is 2.05 bits per heavy atom. The quantitative estimate of drug-likeness (QED) is 0.407. The molecule has 1 amide bonds. The first kappa shape index (κ1) is 17.6. The Morgan fingerprint density at radius 1 is 1.29 bits per heavy atom. The highest BCUT2D eigenvalue weighted by Gasteiger charge is 2.10. The molecule has 1 aromatic heterocycles. The van der Waals surface area contributed by atoms with Crippen LogP contribution in [0.15, 0.2) is 17.5 Å². The molecule has 5 nitrogen and oxygen atoms in total. The van der Waals surface area contributed by atoms with E-state index in [1.165, 1.54) is 11.3 Å². The van der Waals surface area contributed by atoms with E-state index in [0.29, 0.717) is 15.9 Å². The highest BCUT2D eigenvalue weighted by atomic mass is 32.1. The number of thiocarbonyl (C=S) groups is 1. The van der Waals surface area contributed by atoms with Gasteiger partial charge in [0.2, 0.25) is 5.91 Å². The van der Waals surface area contributed by atoms with Crippen molar-refractivity contribution in [2.24, 2.45) is 5.92 Å². The number of carbonyl (C=O) groups excluding carboxylic acids is 2. The van der Waals surface area contributed by atoms with Crippen molar-refractivity contribution in [3.8, 4) is 0 Å². The summed E-state index contributed by atoms with van der Waals surface area (Å²) in [5.41, 5.74) is 5.11. The third-order valence-corrected chi connectivity index (χ3v) is 3.86. The van der Waals surface area contributed by atoms with Gasteiger partial charge in [0.1, 0.15) is 0 Å². The van der Waals surface area contributed by atoms with Gasteiger partial charge in [0.15, 0.2) is 10.9 Å². The molecule has 0 fully saturated rings. The molecule has 3 N–H and O–H groups in total. The minimum atomic E-state index is -0.257. The van der Waals surface area contributed by atoms with Crippen molar-refractivity contribution in [3.63, 3.8) is 0 Å². The van der Waals surface area contributed by atoms with E-state index in [9.17, 15) is 9.59 Å². The van der Waals surface area contributed by atoms with Gasteiger partial charge in [0, 0.05) is 19.4 Å². The first-order valence-electron chi connectivity index (χ1n) is 6.88. The van der Waals surface area contributed by atoms with Crippen LogP contribution in [0.25, 0.3) is 0 Å². The van der Waals surface area contributed by atoms with Crippen LogP contribution in [-0.2, 0) is 4.79 Å². The van der Waals surface area contributed by atoms with Crippen molar-refractivity contribution in [2.45, 2.75) is 33.1 Å². The number of thiophene rings is 1. The molecule has 0 spiro atoms. The van der Waals surface area contributed by atoms with Crippen molar-refractivity contribution in [1.82, 2.24) is 16.2 Å². The summed E-state index contributed by atoms with van der Waals surface area (Å²) >= 11 is 6.41. The Morgan fingerprint density at radius 3 is 2.67 bits per heavy atom. The van der Waals surface area contributed by atoms with E-state index < -0.39 is 0 Å². The molecule has 0 aliphatic rings. The second-order valence-corrected chi connectivity index (χ2v) is 6.37. The Labute approximate surface area is 134 Å². The zero-order chi connectivity index (χ0) is 15.7. The average molecular weight is 327 g/mol. The van der Waals surface area contributed by atoms with E-state index >= 15 is 0 Å². The molecule has 0 bridgehead atoms. The fraction of sp³-hybridized carbons (Fsp3) is 0.500. The highest BCUT2D eigenvalue weighted by molar-refractivity contribution is 7.80. The maximum atomic E-state index is 11.7. The van der Waals surface area contributed by atoms with Crippen molar-refractivity contribution >= 4 is 40.4 Å². The van der Waals surface area contributed by atoms with Gasteiger partial charge in [0.25, 0.3) is 0 Å². The summed E-state index contributed by atoms with van der Waals surface area (Å²) in [7, 11) is 0. The fourth-order valence-corrected chi connectivity index (χ4v) is 2.34. The average Bonchev–Trinajstić information content (AvgIpc) is 2.96. The second kappa shape index (κ2) is 9.46. The summed E-state index contributed by atoms with van der Waals surface area (Å²) in [6.45, 7) is 5.02. The molecule has 116 valence electrons. The standard InChI is InChI=1S/C14H21N3O2S2/c1-10(2)7-8-15-14(20)17-16-13(19)6-5-11(18)12-4-3-9-21-12/h3-4,9-10H,5-8H2,1-2H3,(H,16,19)(H2,15,17,20). The Balaban J connectivity index is 2.13. The lowest BCUT2D eigenvalue weighted by molar-refractivity contribution is -0.121. The van der Waals surface area contributed by atoms with E-state index in [1.807, 2.05) is 11.4 Å². The molecule has 1 rings (SSSR count). The van der Waals surface area contributed by atoms with Crippen LogP contribution in [0.1, 0.15) is 42.8 Å². The number of nitrogens with one attached hydrogen (secondary N) is 3. The number of amides is 1. The topological polar surface area (TPSA) is 70.2 Å². The van der Waals surface area contributed by atoms with E-state index in [2.05, 4.69) is 30.0 Å². The number of ketones is 1. The number of Topliss-reactive ketones (excluding diaryl/α,β-unsaturated/α-hetero) is 1. The number of rotatable bonds is 7. The maximum Gasteiger partial charge on any atom is 0.238 e.